The third-order valence-corrected chi connectivity index (χ3v) is 3.68. The van der Waals surface area contributed by atoms with Crippen molar-refractivity contribution in [2.45, 2.75) is 32.2 Å². The maximum absolute atomic E-state index is 12.2. The summed E-state index contributed by atoms with van der Waals surface area (Å²) in [5.74, 6) is 0.730. The molecule has 1 N–H and O–H groups in total. The molecule has 1 atom stereocenters. The highest BCUT2D eigenvalue weighted by atomic mass is 16.3. The lowest BCUT2D eigenvalue weighted by Crippen LogP contribution is -2.26. The number of nitrogens with one attached hydrogen (secondary N) is 1. The van der Waals surface area contributed by atoms with Crippen molar-refractivity contribution in [2.24, 2.45) is 0 Å². The lowest BCUT2D eigenvalue weighted by atomic mass is 10.1. The number of hydrogen-bond acceptors (Lipinski definition) is 2. The van der Waals surface area contributed by atoms with Gasteiger partial charge in [-0.2, -0.15) is 0 Å². The van der Waals surface area contributed by atoms with Crippen molar-refractivity contribution in [2.75, 3.05) is 0 Å². The second-order valence-electron chi connectivity index (χ2n) is 5.05. The number of hydrogen-bond donors (Lipinski definition) is 1. The van der Waals surface area contributed by atoms with Crippen LogP contribution in [0.2, 0.25) is 0 Å². The molecule has 0 radical (unpaired) electrons. The number of furan rings is 1. The number of carbonyl (C=O) groups excluding carboxylic acids is 1. The van der Waals surface area contributed by atoms with E-state index in [0.717, 1.165) is 24.2 Å². The van der Waals surface area contributed by atoms with Crippen molar-refractivity contribution in [1.82, 2.24) is 5.32 Å². The number of fused-ring (bicyclic) bond motifs is 1. The zero-order valence-corrected chi connectivity index (χ0v) is 11.0. The quantitative estimate of drug-likeness (QED) is 0.914. The summed E-state index contributed by atoms with van der Waals surface area (Å²) in [5.41, 5.74) is 3.44. The van der Waals surface area contributed by atoms with Gasteiger partial charge >= 0.3 is 0 Å². The fourth-order valence-corrected chi connectivity index (χ4v) is 2.60. The highest BCUT2D eigenvalue weighted by molar-refractivity contribution is 5.94. The molecule has 98 valence electrons. The molecule has 0 spiro atoms. The Morgan fingerprint density at radius 2 is 2.11 bits per heavy atom. The molecule has 2 aromatic rings. The van der Waals surface area contributed by atoms with Crippen LogP contribution in [-0.4, -0.2) is 5.91 Å². The van der Waals surface area contributed by atoms with Crippen molar-refractivity contribution >= 4 is 5.91 Å². The van der Waals surface area contributed by atoms with E-state index in [2.05, 4.69) is 11.4 Å². The van der Waals surface area contributed by atoms with Gasteiger partial charge in [0.25, 0.3) is 5.91 Å². The summed E-state index contributed by atoms with van der Waals surface area (Å²) in [6.07, 6.45) is 5.04. The molecule has 3 nitrogen and oxygen atoms in total. The van der Waals surface area contributed by atoms with E-state index in [-0.39, 0.29) is 11.9 Å². The Labute approximate surface area is 112 Å². The smallest absolute Gasteiger partial charge is 0.251 e. The van der Waals surface area contributed by atoms with E-state index in [1.807, 2.05) is 31.2 Å². The SMILES string of the molecule is C[C@H](NC(=O)c1ccc2c(c1)CCC2)c1ccco1. The maximum Gasteiger partial charge on any atom is 0.251 e. The Hall–Kier alpha value is -2.03. The number of carbonyl (C=O) groups is 1. The van der Waals surface area contributed by atoms with E-state index >= 15 is 0 Å². The molecular formula is C16H17NO2. The Bertz CT molecular complexity index is 587. The summed E-state index contributed by atoms with van der Waals surface area (Å²) in [7, 11) is 0. The topological polar surface area (TPSA) is 42.2 Å². The summed E-state index contributed by atoms with van der Waals surface area (Å²) in [6.45, 7) is 1.92. The minimum absolute atomic E-state index is 0.0430. The molecule has 1 aliphatic carbocycles. The molecule has 1 amide bonds. The largest absolute Gasteiger partial charge is 0.467 e. The van der Waals surface area contributed by atoms with Gasteiger partial charge in [-0.1, -0.05) is 6.07 Å². The average molecular weight is 255 g/mol. The van der Waals surface area contributed by atoms with Crippen LogP contribution < -0.4 is 5.32 Å². The van der Waals surface area contributed by atoms with E-state index in [9.17, 15) is 4.79 Å². The molecule has 19 heavy (non-hydrogen) atoms. The monoisotopic (exact) mass is 255 g/mol. The van der Waals surface area contributed by atoms with E-state index in [4.69, 9.17) is 4.42 Å². The maximum atomic E-state index is 12.2. The van der Waals surface area contributed by atoms with E-state index in [0.29, 0.717) is 0 Å². The molecule has 3 rings (SSSR count). The second-order valence-corrected chi connectivity index (χ2v) is 5.05. The fraction of sp³-hybridized carbons (Fsp3) is 0.312. The molecule has 0 bridgehead atoms. The van der Waals surface area contributed by atoms with E-state index in [1.54, 1.807) is 6.26 Å². The Morgan fingerprint density at radius 1 is 1.26 bits per heavy atom. The lowest BCUT2D eigenvalue weighted by molar-refractivity contribution is 0.0935. The first kappa shape index (κ1) is 12.0. The summed E-state index contributed by atoms with van der Waals surface area (Å²) in [5, 5.41) is 2.96. The molecule has 1 aromatic heterocycles. The zero-order valence-electron chi connectivity index (χ0n) is 11.0. The van der Waals surface area contributed by atoms with Crippen LogP contribution in [0, 0.1) is 0 Å². The van der Waals surface area contributed by atoms with E-state index in [1.165, 1.54) is 17.5 Å². The number of rotatable bonds is 3. The van der Waals surface area contributed by atoms with Crippen LogP contribution in [0.15, 0.2) is 41.0 Å². The third-order valence-electron chi connectivity index (χ3n) is 3.68. The van der Waals surface area contributed by atoms with Gasteiger partial charge in [0.05, 0.1) is 12.3 Å². The van der Waals surface area contributed by atoms with Crippen molar-refractivity contribution in [3.63, 3.8) is 0 Å². The standard InChI is InChI=1S/C16H17NO2/c1-11(15-6-3-9-19-15)17-16(18)14-8-7-12-4-2-5-13(12)10-14/h3,6-11H,2,4-5H2,1H3,(H,17,18)/t11-/m0/s1. The van der Waals surface area contributed by atoms with Crippen molar-refractivity contribution in [1.29, 1.82) is 0 Å². The molecule has 0 aliphatic heterocycles. The minimum Gasteiger partial charge on any atom is -0.467 e. The molecule has 0 unspecified atom stereocenters. The van der Waals surface area contributed by atoms with Gasteiger partial charge in [-0.15, -0.1) is 0 Å². The highest BCUT2D eigenvalue weighted by Gasteiger charge is 2.16. The predicted octanol–water partition coefficient (Wildman–Crippen LogP) is 3.26. The zero-order chi connectivity index (χ0) is 13.2. The van der Waals surface area contributed by atoms with Gasteiger partial charge in [-0.3, -0.25) is 4.79 Å². The van der Waals surface area contributed by atoms with Crippen molar-refractivity contribution in [3.8, 4) is 0 Å². The Balaban J connectivity index is 1.74. The van der Waals surface area contributed by atoms with E-state index < -0.39 is 0 Å². The van der Waals surface area contributed by atoms with Crippen LogP contribution >= 0.6 is 0 Å². The first-order chi connectivity index (χ1) is 9.24. The van der Waals surface area contributed by atoms with Gasteiger partial charge in [-0.25, -0.2) is 0 Å². The van der Waals surface area contributed by atoms with Crippen LogP contribution in [0.4, 0.5) is 0 Å². The van der Waals surface area contributed by atoms with Gasteiger partial charge in [0.2, 0.25) is 0 Å². The van der Waals surface area contributed by atoms with Crippen LogP contribution in [0.1, 0.15) is 46.6 Å². The number of amides is 1. The molecule has 0 saturated carbocycles. The Kier molecular flexibility index (Phi) is 3.11. The normalized spacial score (nSPS) is 15.0. The minimum atomic E-state index is -0.115. The third kappa shape index (κ3) is 2.41. The van der Waals surface area contributed by atoms with Gasteiger partial charge in [-0.05, 0) is 61.6 Å². The molecule has 1 aliphatic rings. The predicted molar refractivity (Wildman–Crippen MR) is 73.1 cm³/mol. The molecule has 3 heteroatoms. The first-order valence-electron chi connectivity index (χ1n) is 6.70. The molecule has 0 fully saturated rings. The summed E-state index contributed by atoms with van der Waals surface area (Å²) in [4.78, 5) is 12.2. The molecule has 1 aromatic carbocycles. The molecule has 0 saturated heterocycles. The summed E-state index contributed by atoms with van der Waals surface area (Å²) >= 11 is 0. The van der Waals surface area contributed by atoms with Crippen molar-refractivity contribution < 1.29 is 9.21 Å². The van der Waals surface area contributed by atoms with Crippen molar-refractivity contribution in [3.05, 3.63) is 59.0 Å². The summed E-state index contributed by atoms with van der Waals surface area (Å²) < 4.78 is 5.29. The number of aryl methyl sites for hydroxylation is 2. The van der Waals surface area contributed by atoms with Gasteiger partial charge in [0, 0.05) is 5.56 Å². The second kappa shape index (κ2) is 4.92. The highest BCUT2D eigenvalue weighted by Crippen LogP contribution is 2.23. The van der Waals surface area contributed by atoms with Crippen LogP contribution in [0.5, 0.6) is 0 Å². The lowest BCUT2D eigenvalue weighted by Gasteiger charge is -2.12. The van der Waals surface area contributed by atoms with Crippen LogP contribution in [-0.2, 0) is 12.8 Å². The average Bonchev–Trinajstić information content (AvgIpc) is 3.09. The van der Waals surface area contributed by atoms with Crippen LogP contribution in [0.25, 0.3) is 0 Å². The first-order valence-corrected chi connectivity index (χ1v) is 6.70. The van der Waals surface area contributed by atoms with Gasteiger partial charge < -0.3 is 9.73 Å². The fourth-order valence-electron chi connectivity index (χ4n) is 2.60. The van der Waals surface area contributed by atoms with Gasteiger partial charge in [0.15, 0.2) is 0 Å². The summed E-state index contributed by atoms with van der Waals surface area (Å²) in [6, 6.07) is 9.59. The Morgan fingerprint density at radius 3 is 2.89 bits per heavy atom. The van der Waals surface area contributed by atoms with Crippen LogP contribution in [0.3, 0.4) is 0 Å². The number of benzene rings is 1. The van der Waals surface area contributed by atoms with Gasteiger partial charge in [0.1, 0.15) is 5.76 Å². The molecular weight excluding hydrogens is 238 g/mol. The molecule has 1 heterocycles.